The van der Waals surface area contributed by atoms with Crippen LogP contribution in [-0.4, -0.2) is 13.1 Å². The molecule has 0 spiro atoms. The van der Waals surface area contributed by atoms with E-state index in [4.69, 9.17) is 11.5 Å². The van der Waals surface area contributed by atoms with Crippen molar-refractivity contribution in [1.29, 1.82) is 0 Å². The van der Waals surface area contributed by atoms with E-state index in [0.29, 0.717) is 0 Å². The molecule has 0 aromatic heterocycles. The molecule has 0 radical (unpaired) electrons. The molecule has 0 saturated heterocycles. The quantitative estimate of drug-likeness (QED) is 0.707. The summed E-state index contributed by atoms with van der Waals surface area (Å²) in [4.78, 5) is 0. The van der Waals surface area contributed by atoms with E-state index >= 15 is 0 Å². The Balaban J connectivity index is 2.77. The maximum absolute atomic E-state index is 5.55. The van der Waals surface area contributed by atoms with Gasteiger partial charge in [0.15, 0.2) is 0 Å². The third-order valence-corrected chi connectivity index (χ3v) is 3.13. The first-order valence-corrected chi connectivity index (χ1v) is 6.13. The summed E-state index contributed by atoms with van der Waals surface area (Å²) < 4.78 is 0. The molecule has 4 N–H and O–H groups in total. The highest BCUT2D eigenvalue weighted by molar-refractivity contribution is 7.27. The Kier molecular flexibility index (Phi) is 5.85. The van der Waals surface area contributed by atoms with Gasteiger partial charge >= 0.3 is 0 Å². The van der Waals surface area contributed by atoms with Gasteiger partial charge in [0.2, 0.25) is 0 Å². The van der Waals surface area contributed by atoms with Crippen LogP contribution in [0.15, 0.2) is 18.2 Å². The molecule has 1 rings (SSSR count). The molecule has 1 unspecified atom stereocenters. The number of aryl methyl sites for hydroxylation is 1. The summed E-state index contributed by atoms with van der Waals surface area (Å²) in [5, 5.41) is 1.30. The molecule has 0 amide bonds. The van der Waals surface area contributed by atoms with Gasteiger partial charge in [-0.05, 0) is 55.2 Å². The molecule has 0 heterocycles. The number of benzene rings is 1. The topological polar surface area (TPSA) is 52.0 Å². The molecule has 84 valence electrons. The summed E-state index contributed by atoms with van der Waals surface area (Å²) in [6.45, 7) is 1.52. The van der Waals surface area contributed by atoms with Crippen molar-refractivity contribution in [3.63, 3.8) is 0 Å². The lowest BCUT2D eigenvalue weighted by Gasteiger charge is -2.11. The molecule has 0 bridgehead atoms. The van der Waals surface area contributed by atoms with Crippen LogP contribution in [0.1, 0.15) is 24.0 Å². The highest BCUT2D eigenvalue weighted by atomic mass is 31.0. The SMILES string of the molecule is NCCCc1cccc(P)c1CCCN. The largest absolute Gasteiger partial charge is 0.330 e. The molecule has 0 saturated carbocycles. The van der Waals surface area contributed by atoms with Gasteiger partial charge in [-0.15, -0.1) is 9.24 Å². The number of rotatable bonds is 6. The van der Waals surface area contributed by atoms with Crippen LogP contribution in [-0.2, 0) is 12.8 Å². The van der Waals surface area contributed by atoms with Crippen molar-refractivity contribution < 1.29 is 0 Å². The van der Waals surface area contributed by atoms with Crippen LogP contribution < -0.4 is 16.8 Å². The van der Waals surface area contributed by atoms with E-state index in [1.807, 2.05) is 0 Å². The Morgan fingerprint density at radius 1 is 1.00 bits per heavy atom. The van der Waals surface area contributed by atoms with Crippen LogP contribution in [0, 0.1) is 0 Å². The number of hydrogen-bond acceptors (Lipinski definition) is 2. The lowest BCUT2D eigenvalue weighted by molar-refractivity contribution is 0.794. The zero-order valence-corrected chi connectivity index (χ0v) is 10.4. The first-order valence-electron chi connectivity index (χ1n) is 5.56. The highest BCUT2D eigenvalue weighted by Gasteiger charge is 2.04. The van der Waals surface area contributed by atoms with Crippen molar-refractivity contribution in [3.8, 4) is 0 Å². The van der Waals surface area contributed by atoms with Gasteiger partial charge in [0, 0.05) is 0 Å². The predicted octanol–water partition coefficient (Wildman–Crippen LogP) is 0.970. The molecule has 1 atom stereocenters. The van der Waals surface area contributed by atoms with Crippen LogP contribution in [0.4, 0.5) is 0 Å². The van der Waals surface area contributed by atoms with Gasteiger partial charge in [0.1, 0.15) is 0 Å². The van der Waals surface area contributed by atoms with E-state index in [0.717, 1.165) is 38.8 Å². The Hall–Kier alpha value is -0.430. The van der Waals surface area contributed by atoms with Gasteiger partial charge in [-0.25, -0.2) is 0 Å². The fourth-order valence-electron chi connectivity index (χ4n) is 1.76. The molecular weight excluding hydrogens is 203 g/mol. The lowest BCUT2D eigenvalue weighted by atomic mass is 9.99. The minimum absolute atomic E-state index is 0.759. The fourth-order valence-corrected chi connectivity index (χ4v) is 2.21. The molecular formula is C12H21N2P. The zero-order valence-electron chi connectivity index (χ0n) is 9.21. The summed E-state index contributed by atoms with van der Waals surface area (Å²) in [5.74, 6) is 0. The minimum atomic E-state index is 0.759. The number of nitrogens with two attached hydrogens (primary N) is 2. The average Bonchev–Trinajstić information content (AvgIpc) is 2.25. The van der Waals surface area contributed by atoms with E-state index in [9.17, 15) is 0 Å². The van der Waals surface area contributed by atoms with Crippen LogP contribution in [0.25, 0.3) is 0 Å². The summed E-state index contributed by atoms with van der Waals surface area (Å²) in [5.41, 5.74) is 14.0. The molecule has 0 aliphatic carbocycles. The van der Waals surface area contributed by atoms with Crippen molar-refractivity contribution in [2.75, 3.05) is 13.1 Å². The second-order valence-electron chi connectivity index (χ2n) is 3.77. The van der Waals surface area contributed by atoms with E-state index in [-0.39, 0.29) is 0 Å². The predicted molar refractivity (Wildman–Crippen MR) is 70.5 cm³/mol. The Morgan fingerprint density at radius 3 is 2.33 bits per heavy atom. The summed E-state index contributed by atoms with van der Waals surface area (Å²) >= 11 is 0. The standard InChI is InChI=1S/C12H21N2P/c13-8-2-5-10-4-1-7-12(15)11(10)6-3-9-14/h1,4,7H,2-3,5-6,8-9,13-15H2. The molecule has 2 nitrogen and oxygen atoms in total. The van der Waals surface area contributed by atoms with E-state index < -0.39 is 0 Å². The first kappa shape index (κ1) is 12.6. The molecule has 0 fully saturated rings. The Bertz CT molecular complexity index is 300. The monoisotopic (exact) mass is 224 g/mol. The van der Waals surface area contributed by atoms with Gasteiger partial charge in [-0.2, -0.15) is 0 Å². The maximum atomic E-state index is 5.55. The smallest absolute Gasteiger partial charge is 0.00741 e. The van der Waals surface area contributed by atoms with Crippen molar-refractivity contribution >= 4 is 14.5 Å². The van der Waals surface area contributed by atoms with E-state index in [2.05, 4.69) is 27.4 Å². The summed E-state index contributed by atoms with van der Waals surface area (Å²) in [6, 6.07) is 6.46. The van der Waals surface area contributed by atoms with Crippen LogP contribution in [0.5, 0.6) is 0 Å². The summed E-state index contributed by atoms with van der Waals surface area (Å²) in [6.07, 6.45) is 4.28. The van der Waals surface area contributed by atoms with Gasteiger partial charge in [-0.1, -0.05) is 18.2 Å². The highest BCUT2D eigenvalue weighted by Crippen LogP contribution is 2.13. The van der Waals surface area contributed by atoms with Crippen molar-refractivity contribution in [2.45, 2.75) is 25.7 Å². The average molecular weight is 224 g/mol. The minimum Gasteiger partial charge on any atom is -0.330 e. The van der Waals surface area contributed by atoms with Crippen molar-refractivity contribution in [2.24, 2.45) is 11.5 Å². The maximum Gasteiger partial charge on any atom is -0.00741 e. The van der Waals surface area contributed by atoms with Gasteiger partial charge in [0.25, 0.3) is 0 Å². The van der Waals surface area contributed by atoms with E-state index in [1.54, 1.807) is 0 Å². The number of hydrogen-bond donors (Lipinski definition) is 2. The second-order valence-corrected chi connectivity index (χ2v) is 4.39. The van der Waals surface area contributed by atoms with Crippen LogP contribution >= 0.6 is 9.24 Å². The fraction of sp³-hybridized carbons (Fsp3) is 0.500. The Labute approximate surface area is 94.6 Å². The third kappa shape index (κ3) is 3.90. The summed E-state index contributed by atoms with van der Waals surface area (Å²) in [7, 11) is 2.81. The molecule has 1 aromatic carbocycles. The van der Waals surface area contributed by atoms with Gasteiger partial charge in [0.05, 0.1) is 0 Å². The molecule has 1 aromatic rings. The third-order valence-electron chi connectivity index (χ3n) is 2.59. The Morgan fingerprint density at radius 2 is 1.67 bits per heavy atom. The molecule has 3 heteroatoms. The van der Waals surface area contributed by atoms with Crippen molar-refractivity contribution in [1.82, 2.24) is 0 Å². The van der Waals surface area contributed by atoms with Crippen LogP contribution in [0.2, 0.25) is 0 Å². The van der Waals surface area contributed by atoms with Gasteiger partial charge in [-0.3, -0.25) is 0 Å². The molecule has 0 aliphatic heterocycles. The zero-order chi connectivity index (χ0) is 11.1. The molecule has 15 heavy (non-hydrogen) atoms. The first-order chi connectivity index (χ1) is 7.29. The molecule has 0 aliphatic rings. The van der Waals surface area contributed by atoms with Gasteiger partial charge < -0.3 is 11.5 Å². The van der Waals surface area contributed by atoms with Crippen LogP contribution in [0.3, 0.4) is 0 Å². The lowest BCUT2D eigenvalue weighted by Crippen LogP contribution is -2.11. The second kappa shape index (κ2) is 6.95. The normalized spacial score (nSPS) is 10.6. The van der Waals surface area contributed by atoms with Crippen molar-refractivity contribution in [3.05, 3.63) is 29.3 Å². The van der Waals surface area contributed by atoms with E-state index in [1.165, 1.54) is 16.4 Å².